The Morgan fingerprint density at radius 2 is 2.12 bits per heavy atom. The van der Waals surface area contributed by atoms with Gasteiger partial charge in [0.25, 0.3) is 11.6 Å². The average molecular weight is 341 g/mol. The SMILES string of the molecule is COc1ccc([N+](=O)[O-])cc1NC(=O)c1ccc(-n2cncn2)nn1. The van der Waals surface area contributed by atoms with E-state index in [1.807, 2.05) is 0 Å². The molecule has 11 nitrogen and oxygen atoms in total. The summed E-state index contributed by atoms with van der Waals surface area (Å²) in [5.74, 6) is 0.0876. The maximum Gasteiger partial charge on any atom is 0.276 e. The first kappa shape index (κ1) is 16.0. The minimum absolute atomic E-state index is 0.0254. The number of carbonyl (C=O) groups excluding carboxylic acids is 1. The van der Waals surface area contributed by atoms with E-state index >= 15 is 0 Å². The van der Waals surface area contributed by atoms with Gasteiger partial charge in [-0.15, -0.1) is 10.2 Å². The van der Waals surface area contributed by atoms with E-state index in [9.17, 15) is 14.9 Å². The van der Waals surface area contributed by atoms with Crippen LogP contribution in [-0.2, 0) is 0 Å². The normalized spacial score (nSPS) is 10.3. The monoisotopic (exact) mass is 341 g/mol. The van der Waals surface area contributed by atoms with Crippen molar-refractivity contribution in [2.24, 2.45) is 0 Å². The van der Waals surface area contributed by atoms with Crippen LogP contribution in [0.3, 0.4) is 0 Å². The maximum absolute atomic E-state index is 12.3. The molecule has 0 aliphatic carbocycles. The molecular formula is C14H11N7O4. The Morgan fingerprint density at radius 3 is 2.72 bits per heavy atom. The lowest BCUT2D eigenvalue weighted by Crippen LogP contribution is -2.15. The molecule has 0 atom stereocenters. The maximum atomic E-state index is 12.3. The van der Waals surface area contributed by atoms with Crippen LogP contribution in [0.4, 0.5) is 11.4 Å². The lowest BCUT2D eigenvalue weighted by atomic mass is 10.2. The fourth-order valence-corrected chi connectivity index (χ4v) is 1.99. The van der Waals surface area contributed by atoms with Crippen LogP contribution < -0.4 is 10.1 Å². The van der Waals surface area contributed by atoms with Gasteiger partial charge in [-0.05, 0) is 18.2 Å². The summed E-state index contributed by atoms with van der Waals surface area (Å²) in [6.07, 6.45) is 2.79. The molecule has 0 spiro atoms. The van der Waals surface area contributed by atoms with Crippen LogP contribution in [-0.4, -0.2) is 42.9 Å². The molecule has 0 aliphatic heterocycles. The van der Waals surface area contributed by atoms with E-state index in [1.165, 1.54) is 48.7 Å². The molecule has 1 N–H and O–H groups in total. The van der Waals surface area contributed by atoms with Crippen molar-refractivity contribution in [3.05, 3.63) is 58.8 Å². The largest absolute Gasteiger partial charge is 0.495 e. The summed E-state index contributed by atoms with van der Waals surface area (Å²) in [7, 11) is 1.39. The molecule has 0 aliphatic rings. The number of amides is 1. The Bertz CT molecular complexity index is 909. The summed E-state index contributed by atoms with van der Waals surface area (Å²) in [6, 6.07) is 6.87. The molecule has 2 aromatic heterocycles. The van der Waals surface area contributed by atoms with Crippen molar-refractivity contribution < 1.29 is 14.5 Å². The van der Waals surface area contributed by atoms with E-state index in [4.69, 9.17) is 4.74 Å². The summed E-state index contributed by atoms with van der Waals surface area (Å²) in [5, 5.41) is 25.0. The summed E-state index contributed by atoms with van der Waals surface area (Å²) in [4.78, 5) is 26.4. The molecule has 0 radical (unpaired) electrons. The Morgan fingerprint density at radius 1 is 1.28 bits per heavy atom. The van der Waals surface area contributed by atoms with Crippen LogP contribution >= 0.6 is 0 Å². The third kappa shape index (κ3) is 3.39. The van der Waals surface area contributed by atoms with Crippen molar-refractivity contribution >= 4 is 17.3 Å². The predicted octanol–water partition coefficient (Wildman–Crippen LogP) is 1.23. The fourth-order valence-electron chi connectivity index (χ4n) is 1.99. The van der Waals surface area contributed by atoms with E-state index in [-0.39, 0.29) is 22.8 Å². The number of nitro benzene ring substituents is 1. The highest BCUT2D eigenvalue weighted by Crippen LogP contribution is 2.29. The number of nitrogens with zero attached hydrogens (tertiary/aromatic N) is 6. The second-order valence-corrected chi connectivity index (χ2v) is 4.71. The first-order valence-corrected chi connectivity index (χ1v) is 6.91. The Balaban J connectivity index is 1.82. The summed E-state index contributed by atoms with van der Waals surface area (Å²) < 4.78 is 6.48. The van der Waals surface area contributed by atoms with Gasteiger partial charge in [0.05, 0.1) is 17.7 Å². The van der Waals surface area contributed by atoms with Gasteiger partial charge >= 0.3 is 0 Å². The van der Waals surface area contributed by atoms with E-state index in [2.05, 4.69) is 25.6 Å². The highest BCUT2D eigenvalue weighted by atomic mass is 16.6. The Hall–Kier alpha value is -3.89. The van der Waals surface area contributed by atoms with Gasteiger partial charge in [0.15, 0.2) is 11.5 Å². The lowest BCUT2D eigenvalue weighted by molar-refractivity contribution is -0.384. The highest BCUT2D eigenvalue weighted by Gasteiger charge is 2.16. The topological polar surface area (TPSA) is 138 Å². The van der Waals surface area contributed by atoms with E-state index in [1.54, 1.807) is 6.07 Å². The molecule has 0 unspecified atom stereocenters. The number of carbonyl (C=O) groups is 1. The van der Waals surface area contributed by atoms with E-state index < -0.39 is 10.8 Å². The number of hydrogen-bond donors (Lipinski definition) is 1. The molecule has 1 aromatic carbocycles. The van der Waals surface area contributed by atoms with Gasteiger partial charge in [0, 0.05) is 12.1 Å². The van der Waals surface area contributed by atoms with Gasteiger partial charge in [0.2, 0.25) is 0 Å². The smallest absolute Gasteiger partial charge is 0.276 e. The predicted molar refractivity (Wildman–Crippen MR) is 84.6 cm³/mol. The number of nitrogens with one attached hydrogen (secondary N) is 1. The van der Waals surface area contributed by atoms with Crippen LogP contribution in [0.25, 0.3) is 5.82 Å². The Kier molecular flexibility index (Phi) is 4.28. The second-order valence-electron chi connectivity index (χ2n) is 4.71. The number of benzene rings is 1. The van der Waals surface area contributed by atoms with Crippen LogP contribution in [0.2, 0.25) is 0 Å². The minimum Gasteiger partial charge on any atom is -0.495 e. The van der Waals surface area contributed by atoms with Crippen molar-refractivity contribution in [1.29, 1.82) is 0 Å². The van der Waals surface area contributed by atoms with Gasteiger partial charge in [-0.1, -0.05) is 0 Å². The number of aromatic nitrogens is 5. The molecule has 126 valence electrons. The van der Waals surface area contributed by atoms with Gasteiger partial charge in [-0.2, -0.15) is 5.10 Å². The Labute approximate surface area is 140 Å². The van der Waals surface area contributed by atoms with Crippen LogP contribution in [0.15, 0.2) is 43.0 Å². The van der Waals surface area contributed by atoms with Crippen LogP contribution in [0.1, 0.15) is 10.5 Å². The molecule has 0 saturated carbocycles. The number of ether oxygens (including phenoxy) is 1. The fraction of sp³-hybridized carbons (Fsp3) is 0.0714. The third-order valence-corrected chi connectivity index (χ3v) is 3.18. The molecule has 11 heteroatoms. The highest BCUT2D eigenvalue weighted by molar-refractivity contribution is 6.03. The standard InChI is InChI=1S/C14H11N7O4/c1-25-12-4-2-9(21(23)24)6-11(12)17-14(22)10-3-5-13(19-18-10)20-8-15-7-16-20/h2-8H,1H3,(H,17,22). The summed E-state index contributed by atoms with van der Waals surface area (Å²) in [6.45, 7) is 0. The average Bonchev–Trinajstić information content (AvgIpc) is 3.16. The molecule has 25 heavy (non-hydrogen) atoms. The number of methoxy groups -OCH3 is 1. The third-order valence-electron chi connectivity index (χ3n) is 3.18. The second kappa shape index (κ2) is 6.70. The zero-order chi connectivity index (χ0) is 17.8. The van der Waals surface area contributed by atoms with Crippen molar-refractivity contribution in [3.63, 3.8) is 0 Å². The van der Waals surface area contributed by atoms with Crippen LogP contribution in [0.5, 0.6) is 5.75 Å². The van der Waals surface area contributed by atoms with Gasteiger partial charge < -0.3 is 10.1 Å². The zero-order valence-corrected chi connectivity index (χ0v) is 12.9. The molecule has 0 saturated heterocycles. The van der Waals surface area contributed by atoms with Gasteiger partial charge in [0.1, 0.15) is 18.4 Å². The number of anilines is 1. The number of rotatable bonds is 5. The van der Waals surface area contributed by atoms with Gasteiger partial charge in [-0.25, -0.2) is 9.67 Å². The minimum atomic E-state index is -0.587. The molecule has 2 heterocycles. The first-order valence-electron chi connectivity index (χ1n) is 6.91. The van der Waals surface area contributed by atoms with Crippen molar-refractivity contribution in [3.8, 4) is 11.6 Å². The number of non-ortho nitro benzene ring substituents is 1. The summed E-state index contributed by atoms with van der Waals surface area (Å²) in [5.41, 5.74) is 0.00462. The quantitative estimate of drug-likeness (QED) is 0.540. The molecule has 1 amide bonds. The summed E-state index contributed by atoms with van der Waals surface area (Å²) >= 11 is 0. The number of hydrogen-bond acceptors (Lipinski definition) is 8. The molecular weight excluding hydrogens is 330 g/mol. The van der Waals surface area contributed by atoms with Gasteiger partial charge in [-0.3, -0.25) is 14.9 Å². The van der Waals surface area contributed by atoms with Crippen molar-refractivity contribution in [1.82, 2.24) is 25.0 Å². The molecule has 0 fully saturated rings. The molecule has 3 rings (SSSR count). The van der Waals surface area contributed by atoms with E-state index in [0.29, 0.717) is 5.82 Å². The van der Waals surface area contributed by atoms with Crippen LogP contribution in [0, 0.1) is 10.1 Å². The number of nitro groups is 1. The zero-order valence-electron chi connectivity index (χ0n) is 12.9. The van der Waals surface area contributed by atoms with E-state index in [0.717, 1.165) is 0 Å². The van der Waals surface area contributed by atoms with Crippen molar-refractivity contribution in [2.45, 2.75) is 0 Å². The molecule has 0 bridgehead atoms. The molecule has 3 aromatic rings. The first-order chi connectivity index (χ1) is 12.1. The van der Waals surface area contributed by atoms with Crippen molar-refractivity contribution in [2.75, 3.05) is 12.4 Å². The lowest BCUT2D eigenvalue weighted by Gasteiger charge is -2.09.